The summed E-state index contributed by atoms with van der Waals surface area (Å²) in [7, 11) is 0. The molecule has 0 saturated carbocycles. The Labute approximate surface area is 799 Å². The van der Waals surface area contributed by atoms with Crippen LogP contribution in [0.4, 0.5) is 0 Å². The molecule has 125 heavy (non-hydrogen) atoms. The van der Waals surface area contributed by atoms with Crippen molar-refractivity contribution >= 4 is 0 Å². The van der Waals surface area contributed by atoms with Crippen molar-refractivity contribution in [2.75, 3.05) is 0 Å². The average molecular weight is 2350 g/mol. The maximum absolute atomic E-state index is 4.60. The quantitative estimate of drug-likeness (QED) is 0.0306. The molecule has 16 aromatic rings. The number of aryl methyl sites for hydroxylation is 12. The predicted molar refractivity (Wildman–Crippen MR) is 503 cm³/mol. The third-order valence-corrected chi connectivity index (χ3v) is 21.3. The molecule has 0 aliphatic heterocycles. The third kappa shape index (κ3) is 35.9. The maximum Gasteiger partial charge on any atom is 0.0192 e. The second-order valence-electron chi connectivity index (χ2n) is 31.1. The fourth-order valence-corrected chi connectivity index (χ4v) is 14.7. The minimum Gasteiger partial charge on any atom is -0.321 e. The van der Waals surface area contributed by atoms with E-state index in [-0.39, 0.29) is 80.4 Å². The van der Waals surface area contributed by atoms with E-state index < -0.39 is 0 Å². The topological polar surface area (TPSA) is 90.2 Å². The van der Waals surface area contributed by atoms with Gasteiger partial charge >= 0.3 is 0 Å². The number of rotatable bonds is 32. The molecule has 9 aromatic carbocycles. The van der Waals surface area contributed by atoms with Crippen molar-refractivity contribution in [1.29, 1.82) is 0 Å². The van der Waals surface area contributed by atoms with Crippen molar-refractivity contribution < 1.29 is 80.4 Å². The van der Waals surface area contributed by atoms with Gasteiger partial charge in [-0.2, -0.15) is 23.3 Å². The van der Waals surface area contributed by atoms with Gasteiger partial charge in [-0.15, -0.1) is 119 Å². The number of unbranched alkanes of at least 4 members (excludes halogenated alkanes) is 9. The van der Waals surface area contributed by atoms with Gasteiger partial charge in [0.05, 0.1) is 0 Å². The first-order chi connectivity index (χ1) is 59.6. The van der Waals surface area contributed by atoms with Gasteiger partial charge in [-0.25, -0.2) is 0 Å². The van der Waals surface area contributed by atoms with Crippen LogP contribution >= 0.6 is 0 Å². The Morgan fingerprint density at radius 3 is 0.968 bits per heavy atom. The molecule has 0 bridgehead atoms. The SMILES string of the molecule is Cc1[c-]c(-c2cc(CCCCCc3ccccc3)ccn2)cc(C)n1.Cc1cc(-c2cc(CCCCCc3ccccc3)ccn2)[c-]cn1.Cc1ccc(-c2[c-]ccc(-c3ccccc3)c2)nc1.[Ir].[Ir].[Ir].[Ir].[c-]1ccc(-c2ccccc2)cc1-c1cc(CCCCCc2ccccc2)ccn1.[c-]1ccccc1-c1ccc(CCCCCCc2ccccc2)cn1. The molecular formula is C114H112Ir4N7-5. The summed E-state index contributed by atoms with van der Waals surface area (Å²) < 4.78 is 0. The Balaban J connectivity index is 0.000000193. The van der Waals surface area contributed by atoms with Gasteiger partial charge < -0.3 is 24.9 Å². The molecule has 0 N–H and O–H groups in total. The third-order valence-electron chi connectivity index (χ3n) is 21.3. The number of pyridine rings is 7. The van der Waals surface area contributed by atoms with Crippen molar-refractivity contribution in [1.82, 2.24) is 34.9 Å². The van der Waals surface area contributed by atoms with E-state index in [4.69, 9.17) is 0 Å². The molecule has 7 aromatic heterocycles. The van der Waals surface area contributed by atoms with E-state index in [2.05, 4.69) is 326 Å². The van der Waals surface area contributed by atoms with Crippen molar-refractivity contribution in [3.05, 3.63) is 450 Å². The first kappa shape index (κ1) is 100. The molecular weight excluding hydrogens is 2240 g/mol. The minimum absolute atomic E-state index is 0. The normalized spacial score (nSPS) is 10.3. The number of hydrogen-bond donors (Lipinski definition) is 0. The largest absolute Gasteiger partial charge is 0.321 e. The van der Waals surface area contributed by atoms with Crippen LogP contribution in [0.1, 0.15) is 151 Å². The standard InChI is InChI=1S/C28H26N.C23H25N2.C23H24N.C22H23N2.C18H14N.4Ir/c1-4-11-23(12-5-1)13-6-2-7-14-24-19-20-29-28(21-24)27-18-10-17-26(22-27)25-15-8-3-9-16-25;1-18-15-22(16-19(2)25-18)23-17-21(13-14-24-23)12-8-4-7-11-20-9-5-3-6-10-20;1(5-11-20-12-7-3-8-13-20)2-6-14-21-17-18-23(24-19-21)22-15-9-4-10-16-22;1-18-16-21(13-15-23-18)22-17-20(12-14-24-22)11-7-3-6-10-19-8-4-2-5-9-19;1-14-10-11-18(19-13-14)17-9-5-8-16(12-17)15-6-3-2-4-7-15;;;;/h1,3-5,8-12,15-17,19-22H,2,6-7,13-14H2;3,5-6,9-10,13-15,17H,4,7-8,11-12H2,1-2H3;3-4,7-10,12-13,15,17-19H,1-2,5-6,11,14H2;2,4-5,8-9,12,14-17H,3,6-7,10-11H2,1H3;2-8,10-13H,1H3;;;;/q5*-1;;;;. The molecule has 7 nitrogen and oxygen atoms in total. The number of hydrogen-bond acceptors (Lipinski definition) is 7. The molecule has 11 heteroatoms. The summed E-state index contributed by atoms with van der Waals surface area (Å²) in [4.78, 5) is 31.2. The van der Waals surface area contributed by atoms with E-state index in [0.717, 1.165) is 99.1 Å². The molecule has 644 valence electrons. The van der Waals surface area contributed by atoms with E-state index in [0.29, 0.717) is 0 Å². The van der Waals surface area contributed by atoms with Crippen molar-refractivity contribution in [3.8, 4) is 78.5 Å². The Morgan fingerprint density at radius 1 is 0.224 bits per heavy atom. The first-order valence-electron chi connectivity index (χ1n) is 43.4. The van der Waals surface area contributed by atoms with Gasteiger partial charge in [0, 0.05) is 111 Å². The molecule has 0 fully saturated rings. The zero-order valence-electron chi connectivity index (χ0n) is 72.3. The molecule has 4 radical (unpaired) electrons. The Kier molecular flexibility index (Phi) is 45.8. The number of nitrogens with zero attached hydrogens (tertiary/aromatic N) is 7. The van der Waals surface area contributed by atoms with Gasteiger partial charge in [0.2, 0.25) is 0 Å². The summed E-state index contributed by atoms with van der Waals surface area (Å²) in [5.41, 5.74) is 30.2. The van der Waals surface area contributed by atoms with E-state index in [1.165, 1.54) is 181 Å². The van der Waals surface area contributed by atoms with Crippen LogP contribution in [0.15, 0.2) is 353 Å². The van der Waals surface area contributed by atoms with Crippen LogP contribution in [0.2, 0.25) is 0 Å². The van der Waals surface area contributed by atoms with Crippen LogP contribution in [-0.2, 0) is 132 Å². The Hall–Kier alpha value is -10.4. The van der Waals surface area contributed by atoms with Crippen LogP contribution in [0.3, 0.4) is 0 Å². The Bertz CT molecular complexity index is 5600. The summed E-state index contributed by atoms with van der Waals surface area (Å²) in [6, 6.07) is 126. The van der Waals surface area contributed by atoms with Gasteiger partial charge in [-0.1, -0.05) is 273 Å². The predicted octanol–water partition coefficient (Wildman–Crippen LogP) is 28.3. The fourth-order valence-electron chi connectivity index (χ4n) is 14.7. The number of benzene rings is 9. The van der Waals surface area contributed by atoms with Gasteiger partial charge in [-0.3, -0.25) is 9.97 Å². The molecule has 0 spiro atoms. The van der Waals surface area contributed by atoms with Crippen LogP contribution in [0.25, 0.3) is 78.5 Å². The maximum atomic E-state index is 4.60. The summed E-state index contributed by atoms with van der Waals surface area (Å²) in [6.45, 7) is 8.03. The minimum atomic E-state index is 0. The van der Waals surface area contributed by atoms with E-state index in [1.54, 1.807) is 6.20 Å². The molecule has 0 unspecified atom stereocenters. The smallest absolute Gasteiger partial charge is 0.0192 e. The second kappa shape index (κ2) is 57.3. The molecule has 0 amide bonds. The van der Waals surface area contributed by atoms with Crippen molar-refractivity contribution in [3.63, 3.8) is 0 Å². The molecule has 0 aliphatic rings. The van der Waals surface area contributed by atoms with Crippen LogP contribution in [0.5, 0.6) is 0 Å². The van der Waals surface area contributed by atoms with Gasteiger partial charge in [-0.05, 0) is 245 Å². The summed E-state index contributed by atoms with van der Waals surface area (Å²) in [6.07, 6.45) is 36.8. The molecule has 0 saturated heterocycles. The van der Waals surface area contributed by atoms with Crippen molar-refractivity contribution in [2.45, 2.75) is 163 Å². The monoisotopic (exact) mass is 2350 g/mol. The van der Waals surface area contributed by atoms with Gasteiger partial charge in [0.25, 0.3) is 0 Å². The van der Waals surface area contributed by atoms with Crippen LogP contribution in [-0.4, -0.2) is 34.9 Å². The Morgan fingerprint density at radius 2 is 0.576 bits per heavy atom. The van der Waals surface area contributed by atoms with Crippen LogP contribution < -0.4 is 0 Å². The van der Waals surface area contributed by atoms with Crippen LogP contribution in [0, 0.1) is 58.0 Å². The van der Waals surface area contributed by atoms with Crippen molar-refractivity contribution in [2.24, 2.45) is 0 Å². The van der Waals surface area contributed by atoms with Gasteiger partial charge in [0.1, 0.15) is 0 Å². The summed E-state index contributed by atoms with van der Waals surface area (Å²) in [5.74, 6) is 0. The van der Waals surface area contributed by atoms with E-state index in [1.807, 2.05) is 113 Å². The molecule has 7 heterocycles. The first-order valence-corrected chi connectivity index (χ1v) is 43.4. The zero-order chi connectivity index (χ0) is 83.4. The zero-order valence-corrected chi connectivity index (χ0v) is 81.9. The van der Waals surface area contributed by atoms with Gasteiger partial charge in [0.15, 0.2) is 0 Å². The average Bonchev–Trinajstić information content (AvgIpc) is 0.840. The fraction of sp³-hybridized carbons (Fsp3) is 0.219. The van der Waals surface area contributed by atoms with E-state index in [9.17, 15) is 0 Å². The summed E-state index contributed by atoms with van der Waals surface area (Å²) >= 11 is 0. The second-order valence-corrected chi connectivity index (χ2v) is 31.1. The molecule has 0 atom stereocenters. The summed E-state index contributed by atoms with van der Waals surface area (Å²) in [5, 5.41) is 0. The molecule has 16 rings (SSSR count). The molecule has 0 aliphatic carbocycles. The van der Waals surface area contributed by atoms with E-state index >= 15 is 0 Å². The number of aromatic nitrogens is 7.